The lowest BCUT2D eigenvalue weighted by atomic mass is 9.35. The van der Waals surface area contributed by atoms with Crippen LogP contribution in [0.3, 0.4) is 0 Å². The Hall–Kier alpha value is -3.67. The molecule has 3 saturated heterocycles. The minimum Gasteiger partial charge on any atom is -0.508 e. The van der Waals surface area contributed by atoms with Gasteiger partial charge < -0.3 is 55.2 Å². The molecular weight excluding hydrogens is 961 g/mol. The second-order valence-corrected chi connectivity index (χ2v) is 27.4. The molecule has 1 aromatic heterocycles. The van der Waals surface area contributed by atoms with Gasteiger partial charge in [-0.05, 0) is 169 Å². The molecule has 12 nitrogen and oxygen atoms in total. The largest absolute Gasteiger partial charge is 0.508 e. The molecule has 6 bridgehead atoms. The van der Waals surface area contributed by atoms with Gasteiger partial charge in [0.1, 0.15) is 18.0 Å². The number of carbonyl (C=O) groups excluding carboxylic acids is 1. The lowest BCUT2D eigenvalue weighted by Crippen LogP contribution is -2.85. The summed E-state index contributed by atoms with van der Waals surface area (Å²) in [5.74, 6) is -0.824. The summed E-state index contributed by atoms with van der Waals surface area (Å²) in [5.41, 5.74) is -2.59. The molecule has 14 heteroatoms. The minimum atomic E-state index is -2.65. The van der Waals surface area contributed by atoms with Gasteiger partial charge in [-0.25, -0.2) is 4.79 Å². The third-order valence-corrected chi connectivity index (χ3v) is 25.5. The van der Waals surface area contributed by atoms with E-state index in [0.717, 1.165) is 71.6 Å². The predicted molar refractivity (Wildman–Crippen MR) is 278 cm³/mol. The number of esters is 1. The van der Waals surface area contributed by atoms with E-state index in [1.54, 1.807) is 0 Å². The highest BCUT2D eigenvalue weighted by Crippen LogP contribution is 2.83. The van der Waals surface area contributed by atoms with Crippen molar-refractivity contribution in [3.05, 3.63) is 95.7 Å². The number of hydrogen-bond donors (Lipinski definition) is 8. The van der Waals surface area contributed by atoms with Crippen LogP contribution in [-0.2, 0) is 26.3 Å². The fraction of sp³-hybridized carbons (Fsp3) is 0.576. The zero-order valence-corrected chi connectivity index (χ0v) is 42.5. The number of carbonyl (C=O) groups is 1. The van der Waals surface area contributed by atoms with Crippen LogP contribution < -0.4 is 10.1 Å². The van der Waals surface area contributed by atoms with E-state index in [4.69, 9.17) is 14.2 Å². The molecule has 73 heavy (non-hydrogen) atoms. The Morgan fingerprint density at radius 1 is 0.918 bits per heavy atom. The topological polar surface area (TPSA) is 194 Å². The minimum absolute atomic E-state index is 0.0897. The van der Waals surface area contributed by atoms with Crippen LogP contribution in [0.4, 0.5) is 0 Å². The maximum absolute atomic E-state index is 15.7. The van der Waals surface area contributed by atoms with Crippen LogP contribution in [-0.4, -0.2) is 108 Å². The number of fused-ring (bicyclic) bond motifs is 9. The summed E-state index contributed by atoms with van der Waals surface area (Å²) in [6.07, 6.45) is 5.89. The highest BCUT2D eigenvalue weighted by molar-refractivity contribution is 8.76. The number of rotatable bonds is 4. The Balaban J connectivity index is 0.922. The summed E-state index contributed by atoms with van der Waals surface area (Å²) < 4.78 is 21.3. The predicted octanol–water partition coefficient (Wildman–Crippen LogP) is 7.73. The zero-order chi connectivity index (χ0) is 49.3. The molecule has 4 aliphatic heterocycles. The van der Waals surface area contributed by atoms with Gasteiger partial charge in [-0.2, -0.15) is 0 Å². The number of aromatic amines is 1. The summed E-state index contributed by atoms with van der Waals surface area (Å²) in [6.45, 7) is -0.467. The average Bonchev–Trinajstić information content (AvgIpc) is 4.25. The normalized spacial score (nSPS) is 47.2. The first-order valence-electron chi connectivity index (χ1n) is 27.3. The number of hydrogen-bond acceptors (Lipinski definition) is 13. The maximum Gasteiger partial charge on any atom is 0.343 e. The average molecular weight is 1030 g/mol. The van der Waals surface area contributed by atoms with Gasteiger partial charge in [0.25, 0.3) is 0 Å². The lowest BCUT2D eigenvalue weighted by molar-refractivity contribution is -0.414. The SMILES string of the molecule is CN[C@H]1CSSC[C@@H]2c3cc(O)ccc3[C@]34[C@@H](CC[C@@]35[C@H](O)[C@H]1C[C@H]1[C@@H]5O[C@H]3[C@H](C(=O)Oc5c(CO)[nH]c6ccc7cc8ccccc8cc7c56)O[C@@]5(O)[C@@H](O)[C@]67CCC[C@@H]6C=C[C@@]1(C7)[C@@]35O)C[C@@H]1CC[C@@H]2[C@H]14. The summed E-state index contributed by atoms with van der Waals surface area (Å²) in [7, 11) is 5.76. The van der Waals surface area contributed by atoms with Crippen LogP contribution in [0.5, 0.6) is 11.5 Å². The highest BCUT2D eigenvalue weighted by atomic mass is 33.1. The Kier molecular flexibility index (Phi) is 9.40. The molecule has 4 spiro atoms. The molecule has 0 radical (unpaired) electrons. The quantitative estimate of drug-likeness (QED) is 0.0378. The van der Waals surface area contributed by atoms with Crippen LogP contribution in [0, 0.1) is 57.7 Å². The first kappa shape index (κ1) is 45.5. The number of phenolic OH excluding ortho intramolecular Hbond substituents is 1. The van der Waals surface area contributed by atoms with Crippen molar-refractivity contribution in [2.75, 3.05) is 18.6 Å². The van der Waals surface area contributed by atoms with E-state index in [1.807, 2.05) is 71.1 Å². The van der Waals surface area contributed by atoms with Gasteiger partial charge in [0.15, 0.2) is 17.5 Å². The van der Waals surface area contributed by atoms with Crippen molar-refractivity contribution in [3.63, 3.8) is 0 Å². The number of aliphatic hydroxyl groups excluding tert-OH is 3. The monoisotopic (exact) mass is 1020 g/mol. The van der Waals surface area contributed by atoms with Crippen molar-refractivity contribution in [2.45, 2.75) is 130 Å². The van der Waals surface area contributed by atoms with E-state index >= 15 is 4.79 Å². The Morgan fingerprint density at radius 2 is 1.75 bits per heavy atom. The Bertz CT molecular complexity index is 3240. The second kappa shape index (κ2) is 15.1. The van der Waals surface area contributed by atoms with E-state index in [0.29, 0.717) is 48.4 Å². The summed E-state index contributed by atoms with van der Waals surface area (Å²) in [6, 6.07) is 22.1. The van der Waals surface area contributed by atoms with Crippen molar-refractivity contribution in [1.82, 2.24) is 10.3 Å². The van der Waals surface area contributed by atoms with Gasteiger partial charge >= 0.3 is 5.97 Å². The van der Waals surface area contributed by atoms with Crippen LogP contribution in [0.2, 0.25) is 0 Å². The molecule has 8 N–H and O–H groups in total. The Labute approximate surface area is 431 Å². The number of allylic oxidation sites excluding steroid dienone is 1. The van der Waals surface area contributed by atoms with E-state index in [9.17, 15) is 30.6 Å². The van der Waals surface area contributed by atoms with Crippen LogP contribution in [0.25, 0.3) is 32.4 Å². The van der Waals surface area contributed by atoms with E-state index in [2.05, 4.69) is 46.7 Å². The van der Waals surface area contributed by atoms with E-state index in [1.165, 1.54) is 11.1 Å². The summed E-state index contributed by atoms with van der Waals surface area (Å²) in [4.78, 5) is 19.0. The molecule has 6 saturated carbocycles. The first-order valence-corrected chi connectivity index (χ1v) is 29.7. The maximum atomic E-state index is 15.7. The molecule has 8 aliphatic carbocycles. The van der Waals surface area contributed by atoms with Gasteiger partial charge in [-0.15, -0.1) is 0 Å². The van der Waals surface area contributed by atoms with Gasteiger partial charge in [-0.3, -0.25) is 0 Å². The smallest absolute Gasteiger partial charge is 0.343 e. The fourth-order valence-corrected chi connectivity index (χ4v) is 23.5. The third kappa shape index (κ3) is 5.12. The van der Waals surface area contributed by atoms with Crippen molar-refractivity contribution < 1.29 is 49.6 Å². The molecule has 9 fully saturated rings. The number of aromatic nitrogens is 1. The first-order chi connectivity index (χ1) is 35.4. The zero-order valence-electron chi connectivity index (χ0n) is 40.9. The van der Waals surface area contributed by atoms with E-state index < -0.39 is 82.1 Å². The van der Waals surface area contributed by atoms with Gasteiger partial charge in [-0.1, -0.05) is 76.6 Å². The molecule has 12 aliphatic rings. The molecular formula is C59H64N2O10S2. The fourth-order valence-electron chi connectivity index (χ4n) is 20.7. The number of benzene rings is 4. The Morgan fingerprint density at radius 3 is 2.59 bits per heavy atom. The van der Waals surface area contributed by atoms with Gasteiger partial charge in [0.2, 0.25) is 5.79 Å². The van der Waals surface area contributed by atoms with Crippen molar-refractivity contribution in [1.29, 1.82) is 0 Å². The molecule has 4 aromatic carbocycles. The summed E-state index contributed by atoms with van der Waals surface area (Å²) >= 11 is 0. The molecule has 20 atom stereocenters. The molecule has 0 unspecified atom stereocenters. The van der Waals surface area contributed by atoms with Crippen LogP contribution in [0.1, 0.15) is 86.9 Å². The number of nitrogens with one attached hydrogen (secondary N) is 2. The molecule has 382 valence electrons. The standard InChI is InChI=1S/C59H64N2O10S2/c1-60-44-26-73-72-25-39-35-11-8-31-20-33-15-18-56(57(33,46(31)35)40-12-10-34(63)22-37(39)40)49(64)38(44)23-41-50(56)70-51-48(71-59(68)53(66)54-16-4-7-32(54)14-17-55(41,27-54)58(51,59)67)52(65)69-47-43(24-62)61-42-13-9-30-19-28-5-2-3-6-29(28)21-36(30)45(42)47/h2-3,5-6,9-10,12-14,17,19,21-22,31-33,35,38-39,41,44,46,48-51,53,60-64,66-68H,4,7-8,11,15-16,18,20,23-27H2,1H3/t31-,32+,33-,35-,38-,39-,41-,44-,46-,48+,49+,50-,51-,53-,54-,55-,56-,57-,58-,59-/m0/s1. The van der Waals surface area contributed by atoms with Crippen LogP contribution in [0.15, 0.2) is 78.9 Å². The third-order valence-electron chi connectivity index (χ3n) is 23.0. The lowest BCUT2D eigenvalue weighted by Gasteiger charge is -2.74. The van der Waals surface area contributed by atoms with Gasteiger partial charge in [0, 0.05) is 45.1 Å². The number of phenols is 1. The van der Waals surface area contributed by atoms with Crippen molar-refractivity contribution >= 4 is 60.0 Å². The highest BCUT2D eigenvalue weighted by Gasteiger charge is 2.90. The number of aromatic hydroxyl groups is 1. The van der Waals surface area contributed by atoms with Crippen LogP contribution >= 0.6 is 21.6 Å². The summed E-state index contributed by atoms with van der Waals surface area (Å²) in [5, 5.41) is 85.6. The van der Waals surface area contributed by atoms with Gasteiger partial charge in [0.05, 0.1) is 35.4 Å². The number of aliphatic hydroxyl groups is 5. The number of H-pyrrole nitrogens is 1. The molecule has 5 heterocycles. The molecule has 0 amide bonds. The molecule has 17 rings (SSSR count). The number of ether oxygens (including phenoxy) is 3. The second-order valence-electron chi connectivity index (χ2n) is 24.8. The van der Waals surface area contributed by atoms with Crippen molar-refractivity contribution in [3.8, 4) is 11.5 Å². The molecule has 5 aromatic rings. The van der Waals surface area contributed by atoms with E-state index in [-0.39, 0.29) is 52.8 Å². The van der Waals surface area contributed by atoms with Crippen molar-refractivity contribution in [2.24, 2.45) is 57.7 Å².